The quantitative estimate of drug-likeness (QED) is 0.730. The van der Waals surface area contributed by atoms with Gasteiger partial charge in [-0.3, -0.25) is 0 Å². The van der Waals surface area contributed by atoms with E-state index in [1.54, 1.807) is 18.2 Å². The molecule has 3 N–H and O–H groups in total. The van der Waals surface area contributed by atoms with Crippen molar-refractivity contribution in [2.24, 2.45) is 5.73 Å². The van der Waals surface area contributed by atoms with Crippen molar-refractivity contribution in [1.82, 2.24) is 0 Å². The van der Waals surface area contributed by atoms with Gasteiger partial charge in [-0.25, -0.2) is 0 Å². The predicted octanol–water partition coefficient (Wildman–Crippen LogP) is 5.13. The molecule has 0 saturated heterocycles. The van der Waals surface area contributed by atoms with Crippen LogP contribution in [0, 0.1) is 0 Å². The van der Waals surface area contributed by atoms with Crippen LogP contribution in [0.15, 0.2) is 40.9 Å². The van der Waals surface area contributed by atoms with Crippen LogP contribution in [0.25, 0.3) is 0 Å². The smallest absolute Gasteiger partial charge is 0.107 e. The summed E-state index contributed by atoms with van der Waals surface area (Å²) in [6.45, 7) is 0. The monoisotopic (exact) mass is 374 g/mol. The van der Waals surface area contributed by atoms with Gasteiger partial charge >= 0.3 is 0 Å². The van der Waals surface area contributed by atoms with Crippen molar-refractivity contribution in [3.8, 4) is 0 Å². The number of halogens is 3. The Morgan fingerprint density at radius 2 is 1.89 bits per heavy atom. The second kappa shape index (κ2) is 6.09. The molecule has 0 atom stereocenters. The van der Waals surface area contributed by atoms with Gasteiger partial charge in [0.1, 0.15) is 4.99 Å². The molecule has 0 aliphatic heterocycles. The highest BCUT2D eigenvalue weighted by molar-refractivity contribution is 9.10. The molecule has 98 valence electrons. The van der Waals surface area contributed by atoms with E-state index >= 15 is 0 Å². The third-order valence-electron chi connectivity index (χ3n) is 2.46. The Morgan fingerprint density at radius 1 is 1.16 bits per heavy atom. The molecule has 0 bridgehead atoms. The second-order valence-corrected chi connectivity index (χ2v) is 5.91. The van der Waals surface area contributed by atoms with Crippen LogP contribution in [0.1, 0.15) is 5.56 Å². The van der Waals surface area contributed by atoms with Crippen molar-refractivity contribution < 1.29 is 0 Å². The molecule has 2 aromatic carbocycles. The van der Waals surface area contributed by atoms with Gasteiger partial charge in [0.05, 0.1) is 22.0 Å². The maximum absolute atomic E-state index is 6.12. The summed E-state index contributed by atoms with van der Waals surface area (Å²) in [5.41, 5.74) is 7.94. The first-order valence-electron chi connectivity index (χ1n) is 5.29. The SMILES string of the molecule is NC(=S)c1c(Cl)cccc1Nc1ccc(Cl)cc1Br. The van der Waals surface area contributed by atoms with E-state index < -0.39 is 0 Å². The summed E-state index contributed by atoms with van der Waals surface area (Å²) in [5.74, 6) is 0. The Morgan fingerprint density at radius 3 is 2.53 bits per heavy atom. The van der Waals surface area contributed by atoms with Crippen molar-refractivity contribution in [1.29, 1.82) is 0 Å². The molecule has 0 saturated carbocycles. The minimum absolute atomic E-state index is 0.248. The van der Waals surface area contributed by atoms with Crippen LogP contribution in [0.4, 0.5) is 11.4 Å². The van der Waals surface area contributed by atoms with E-state index in [-0.39, 0.29) is 4.99 Å². The van der Waals surface area contributed by atoms with E-state index in [2.05, 4.69) is 21.2 Å². The molecule has 0 radical (unpaired) electrons. The van der Waals surface area contributed by atoms with Gasteiger partial charge in [0, 0.05) is 9.50 Å². The van der Waals surface area contributed by atoms with E-state index in [4.69, 9.17) is 41.2 Å². The summed E-state index contributed by atoms with van der Waals surface area (Å²) in [6, 6.07) is 10.9. The number of rotatable bonds is 3. The predicted molar refractivity (Wildman–Crippen MR) is 89.8 cm³/mol. The van der Waals surface area contributed by atoms with E-state index in [9.17, 15) is 0 Å². The van der Waals surface area contributed by atoms with Crippen molar-refractivity contribution in [2.75, 3.05) is 5.32 Å². The summed E-state index contributed by atoms with van der Waals surface area (Å²) in [4.78, 5) is 0.248. The zero-order valence-corrected chi connectivity index (χ0v) is 13.5. The first-order chi connectivity index (χ1) is 8.99. The molecule has 0 heterocycles. The molecule has 0 aliphatic rings. The summed E-state index contributed by atoms with van der Waals surface area (Å²) in [6.07, 6.45) is 0. The van der Waals surface area contributed by atoms with Gasteiger partial charge in [0.15, 0.2) is 0 Å². The topological polar surface area (TPSA) is 38.0 Å². The maximum Gasteiger partial charge on any atom is 0.107 e. The molecule has 0 fully saturated rings. The fourth-order valence-electron chi connectivity index (χ4n) is 1.61. The number of nitrogens with one attached hydrogen (secondary N) is 1. The van der Waals surface area contributed by atoms with E-state index in [1.807, 2.05) is 18.2 Å². The highest BCUT2D eigenvalue weighted by Gasteiger charge is 2.11. The standard InChI is InChI=1S/C13H9BrCl2N2S/c14-8-6-7(15)4-5-10(8)18-11-3-1-2-9(16)12(11)13(17)19/h1-6,18H,(H2,17,19). The van der Waals surface area contributed by atoms with Crippen LogP contribution in [-0.2, 0) is 0 Å². The van der Waals surface area contributed by atoms with Gasteiger partial charge in [-0.15, -0.1) is 0 Å². The lowest BCUT2D eigenvalue weighted by molar-refractivity contribution is 1.50. The molecule has 0 aromatic heterocycles. The normalized spacial score (nSPS) is 10.3. The Hall–Kier alpha value is -0.810. The summed E-state index contributed by atoms with van der Waals surface area (Å²) in [5, 5.41) is 4.40. The van der Waals surface area contributed by atoms with Gasteiger partial charge in [-0.1, -0.05) is 41.5 Å². The molecule has 0 aliphatic carbocycles. The van der Waals surface area contributed by atoms with Crippen LogP contribution in [0.5, 0.6) is 0 Å². The van der Waals surface area contributed by atoms with Crippen LogP contribution in [-0.4, -0.2) is 4.99 Å². The first kappa shape index (κ1) is 14.6. The third-order valence-corrected chi connectivity index (χ3v) is 3.87. The van der Waals surface area contributed by atoms with Gasteiger partial charge < -0.3 is 11.1 Å². The van der Waals surface area contributed by atoms with E-state index in [0.29, 0.717) is 15.6 Å². The summed E-state index contributed by atoms with van der Waals surface area (Å²) in [7, 11) is 0. The number of hydrogen-bond acceptors (Lipinski definition) is 2. The second-order valence-electron chi connectivity index (χ2n) is 3.78. The molecular formula is C13H9BrCl2N2S. The third kappa shape index (κ3) is 3.39. The van der Waals surface area contributed by atoms with E-state index in [0.717, 1.165) is 15.8 Å². The lowest BCUT2D eigenvalue weighted by Crippen LogP contribution is -2.12. The molecule has 2 rings (SSSR count). The average molecular weight is 376 g/mol. The van der Waals surface area contributed by atoms with Crippen LogP contribution in [0.2, 0.25) is 10.0 Å². The Labute approximate surface area is 135 Å². The number of nitrogens with two attached hydrogens (primary N) is 1. The van der Waals surface area contributed by atoms with Gasteiger partial charge in [-0.05, 0) is 46.3 Å². The minimum Gasteiger partial charge on any atom is -0.389 e. The highest BCUT2D eigenvalue weighted by atomic mass is 79.9. The van der Waals surface area contributed by atoms with Gasteiger partial charge in [-0.2, -0.15) is 0 Å². The Bertz CT molecular complexity index is 647. The van der Waals surface area contributed by atoms with Gasteiger partial charge in [0.25, 0.3) is 0 Å². The molecule has 6 heteroatoms. The summed E-state index contributed by atoms with van der Waals surface area (Å²) >= 11 is 20.5. The van der Waals surface area contributed by atoms with Crippen LogP contribution in [0.3, 0.4) is 0 Å². The zero-order chi connectivity index (χ0) is 14.0. The molecule has 0 amide bonds. The molecule has 0 spiro atoms. The Kier molecular flexibility index (Phi) is 4.68. The number of benzene rings is 2. The molecule has 0 unspecified atom stereocenters. The van der Waals surface area contributed by atoms with Crippen LogP contribution >= 0.6 is 51.3 Å². The molecule has 19 heavy (non-hydrogen) atoms. The fourth-order valence-corrected chi connectivity index (χ4v) is 2.95. The maximum atomic E-state index is 6.12. The van der Waals surface area contributed by atoms with Crippen molar-refractivity contribution >= 4 is 67.7 Å². The zero-order valence-electron chi connectivity index (χ0n) is 9.58. The van der Waals surface area contributed by atoms with E-state index in [1.165, 1.54) is 0 Å². The first-order valence-corrected chi connectivity index (χ1v) is 7.25. The molecule has 2 nitrogen and oxygen atoms in total. The number of anilines is 2. The van der Waals surface area contributed by atoms with Crippen LogP contribution < -0.4 is 11.1 Å². The minimum atomic E-state index is 0.248. The number of hydrogen-bond donors (Lipinski definition) is 2. The van der Waals surface area contributed by atoms with Gasteiger partial charge in [0.2, 0.25) is 0 Å². The average Bonchev–Trinajstić information content (AvgIpc) is 2.32. The number of thiocarbonyl (C=S) groups is 1. The molecular weight excluding hydrogens is 367 g/mol. The summed E-state index contributed by atoms with van der Waals surface area (Å²) < 4.78 is 0.842. The highest BCUT2D eigenvalue weighted by Crippen LogP contribution is 2.32. The lowest BCUT2D eigenvalue weighted by atomic mass is 10.1. The largest absolute Gasteiger partial charge is 0.389 e. The molecule has 2 aromatic rings. The lowest BCUT2D eigenvalue weighted by Gasteiger charge is -2.14. The Balaban J connectivity index is 2.44. The van der Waals surface area contributed by atoms with Crippen molar-refractivity contribution in [2.45, 2.75) is 0 Å². The van der Waals surface area contributed by atoms with Crippen molar-refractivity contribution in [3.63, 3.8) is 0 Å². The van der Waals surface area contributed by atoms with Crippen molar-refractivity contribution in [3.05, 3.63) is 56.5 Å². The fraction of sp³-hybridized carbons (Fsp3) is 0.